The second kappa shape index (κ2) is 15.2. The zero-order valence-corrected chi connectivity index (χ0v) is 27.1. The predicted octanol–water partition coefficient (Wildman–Crippen LogP) is 9.84. The lowest BCUT2D eigenvalue weighted by Gasteiger charge is -2.38. The van der Waals surface area contributed by atoms with E-state index >= 15 is 0 Å². The first-order chi connectivity index (χ1) is 20.9. The molecule has 1 fully saturated rings. The van der Waals surface area contributed by atoms with Gasteiger partial charge < -0.3 is 9.84 Å². The highest BCUT2D eigenvalue weighted by Gasteiger charge is 2.39. The third kappa shape index (κ3) is 10.6. The summed E-state index contributed by atoms with van der Waals surface area (Å²) in [5, 5.41) is 9.30. The molecule has 1 N–H and O–H groups in total. The molecule has 1 aliphatic carbocycles. The first kappa shape index (κ1) is 36.7. The molecule has 4 rings (SSSR count). The van der Waals surface area contributed by atoms with Crippen LogP contribution in [0.15, 0.2) is 36.4 Å². The summed E-state index contributed by atoms with van der Waals surface area (Å²) in [6.45, 7) is 9.76. The van der Waals surface area contributed by atoms with Crippen molar-refractivity contribution < 1.29 is 41.0 Å². The Morgan fingerprint density at radius 1 is 0.956 bits per heavy atom. The van der Waals surface area contributed by atoms with Crippen LogP contribution in [0.3, 0.4) is 0 Å². The number of aliphatic carboxylic acids is 1. The Morgan fingerprint density at radius 2 is 1.60 bits per heavy atom. The van der Waals surface area contributed by atoms with E-state index in [1.54, 1.807) is 18.9 Å². The smallest absolute Gasteiger partial charge is 0.416 e. The number of carbonyl (C=O) groups is 1. The van der Waals surface area contributed by atoms with Gasteiger partial charge in [-0.2, -0.15) is 26.3 Å². The van der Waals surface area contributed by atoms with Gasteiger partial charge >= 0.3 is 18.3 Å². The summed E-state index contributed by atoms with van der Waals surface area (Å²) in [6, 6.07) is 6.39. The van der Waals surface area contributed by atoms with Crippen LogP contribution >= 0.6 is 0 Å². The summed E-state index contributed by atoms with van der Waals surface area (Å²) in [7, 11) is 1.64. The van der Waals surface area contributed by atoms with Crippen LogP contribution in [0.4, 0.5) is 26.3 Å². The van der Waals surface area contributed by atoms with Gasteiger partial charge in [0.2, 0.25) is 0 Å². The molecular formula is C35H47F6NO3. The van der Waals surface area contributed by atoms with E-state index in [0.717, 1.165) is 24.0 Å². The van der Waals surface area contributed by atoms with E-state index in [1.807, 2.05) is 18.2 Å². The molecular weight excluding hydrogens is 596 g/mol. The van der Waals surface area contributed by atoms with Gasteiger partial charge in [0.05, 0.1) is 17.0 Å². The monoisotopic (exact) mass is 643 g/mol. The lowest BCUT2D eigenvalue weighted by atomic mass is 9.82. The number of aryl methyl sites for hydroxylation is 1. The molecule has 2 aromatic carbocycles. The molecule has 2 aromatic rings. The van der Waals surface area contributed by atoms with Gasteiger partial charge in [0, 0.05) is 18.5 Å². The molecule has 5 unspecified atom stereocenters. The number of fused-ring (bicyclic) bond motifs is 1. The van der Waals surface area contributed by atoms with Crippen LogP contribution < -0.4 is 4.74 Å². The molecule has 10 heteroatoms. The van der Waals surface area contributed by atoms with Crippen molar-refractivity contribution in [2.45, 2.75) is 104 Å². The normalized spacial score (nSPS) is 19.1. The van der Waals surface area contributed by atoms with Crippen molar-refractivity contribution in [3.05, 3.63) is 64.2 Å². The highest BCUT2D eigenvalue weighted by Crippen LogP contribution is 2.41. The molecule has 0 saturated heterocycles. The third-order valence-electron chi connectivity index (χ3n) is 9.08. The predicted molar refractivity (Wildman–Crippen MR) is 163 cm³/mol. The number of alkyl halides is 6. The number of nitrogens with zero attached hydrogens (tertiary/aromatic N) is 1. The Morgan fingerprint density at radius 3 is 2.13 bits per heavy atom. The van der Waals surface area contributed by atoms with Gasteiger partial charge in [-0.3, -0.25) is 9.69 Å². The number of halogens is 6. The number of hydrogen-bond donors (Lipinski definition) is 1. The minimum atomic E-state index is -4.80. The minimum absolute atomic E-state index is 0.107. The van der Waals surface area contributed by atoms with Crippen LogP contribution in [0.1, 0.15) is 101 Å². The molecule has 0 bridgehead atoms. The van der Waals surface area contributed by atoms with Crippen molar-refractivity contribution in [3.63, 3.8) is 0 Å². The molecule has 45 heavy (non-hydrogen) atoms. The van der Waals surface area contributed by atoms with Gasteiger partial charge in [-0.25, -0.2) is 0 Å². The van der Waals surface area contributed by atoms with Crippen LogP contribution in [0.2, 0.25) is 0 Å². The number of ether oxygens (including phenoxy) is 1. The van der Waals surface area contributed by atoms with E-state index in [1.165, 1.54) is 26.2 Å². The zero-order valence-electron chi connectivity index (χ0n) is 27.1. The Labute approximate surface area is 263 Å². The molecule has 1 heterocycles. The second-order valence-electron chi connectivity index (χ2n) is 13.3. The first-order valence-electron chi connectivity index (χ1n) is 15.9. The molecule has 0 aromatic heterocycles. The molecule has 1 aliphatic heterocycles. The molecule has 4 nitrogen and oxygen atoms in total. The Bertz CT molecular complexity index is 1270. The van der Waals surface area contributed by atoms with Crippen LogP contribution in [0.5, 0.6) is 5.75 Å². The molecule has 0 amide bonds. The minimum Gasteiger partial charge on any atom is -0.490 e. The standard InChI is InChI=1S/C32H41F6NO3.C3H6/c1-18(2)19(3)14-24(28-12-9-23-8-7-22(15-29(23)42-28)13-20(4)30(40)41)17-39(6)21(5)26-16-25(31(33,34)35)10-11-27(26)32(36,37)38;1-2-3-1/h7-8,10-11,15-16,18-21,24,28H,9,12-14,17H2,1-6H3,(H,40,41);1-3H2. The molecule has 0 radical (unpaired) electrons. The van der Waals surface area contributed by atoms with Crippen molar-refractivity contribution in [3.8, 4) is 5.75 Å². The maximum atomic E-state index is 13.9. The van der Waals surface area contributed by atoms with Gasteiger partial charge in [0.15, 0.2) is 0 Å². The molecule has 2 aliphatic rings. The van der Waals surface area contributed by atoms with Gasteiger partial charge in [-0.15, -0.1) is 0 Å². The number of carboxylic acid groups (broad SMARTS) is 1. The fourth-order valence-corrected chi connectivity index (χ4v) is 5.54. The second-order valence-corrected chi connectivity index (χ2v) is 13.3. The quantitative estimate of drug-likeness (QED) is 0.248. The SMILES string of the molecule is C1CC1.CC(Cc1ccc2c(c1)OC(C(CC(C)C(C)C)CN(C)C(C)c1cc(C(F)(F)F)ccc1C(F)(F)F)CC2)C(=O)O. The largest absolute Gasteiger partial charge is 0.490 e. The van der Waals surface area contributed by atoms with Gasteiger partial charge in [0.25, 0.3) is 0 Å². The fraction of sp³-hybridized carbons (Fsp3) is 0.629. The van der Waals surface area contributed by atoms with E-state index in [9.17, 15) is 36.2 Å². The molecule has 0 spiro atoms. The lowest BCUT2D eigenvalue weighted by molar-refractivity contribution is -0.142. The number of benzene rings is 2. The maximum absolute atomic E-state index is 13.9. The number of hydrogen-bond acceptors (Lipinski definition) is 3. The van der Waals surface area contributed by atoms with E-state index in [-0.39, 0.29) is 17.9 Å². The Kier molecular flexibility index (Phi) is 12.4. The average Bonchev–Trinajstić information content (AvgIpc) is 3.84. The zero-order chi connectivity index (χ0) is 33.7. The molecule has 1 saturated carbocycles. The van der Waals surface area contributed by atoms with Crippen molar-refractivity contribution in [2.75, 3.05) is 13.6 Å². The third-order valence-corrected chi connectivity index (χ3v) is 9.08. The topological polar surface area (TPSA) is 49.8 Å². The van der Waals surface area contributed by atoms with Gasteiger partial charge in [-0.05, 0) is 92.4 Å². The summed E-state index contributed by atoms with van der Waals surface area (Å²) in [5.41, 5.74) is -0.757. The van der Waals surface area contributed by atoms with Crippen molar-refractivity contribution in [1.29, 1.82) is 0 Å². The van der Waals surface area contributed by atoms with E-state index in [4.69, 9.17) is 4.74 Å². The van der Waals surface area contributed by atoms with E-state index in [0.29, 0.717) is 49.3 Å². The summed E-state index contributed by atoms with van der Waals surface area (Å²) in [6.07, 6.45) is -2.84. The highest BCUT2D eigenvalue weighted by atomic mass is 19.4. The van der Waals surface area contributed by atoms with Crippen LogP contribution in [0.25, 0.3) is 0 Å². The van der Waals surface area contributed by atoms with Crippen LogP contribution in [-0.4, -0.2) is 35.7 Å². The number of carboxylic acids is 1. The summed E-state index contributed by atoms with van der Waals surface area (Å²) in [5.74, 6) is -0.266. The Balaban J connectivity index is 0.00000173. The van der Waals surface area contributed by atoms with Gasteiger partial charge in [-0.1, -0.05) is 59.1 Å². The highest BCUT2D eigenvalue weighted by molar-refractivity contribution is 5.70. The fourth-order valence-electron chi connectivity index (χ4n) is 5.54. The molecule has 252 valence electrons. The average molecular weight is 644 g/mol. The van der Waals surface area contributed by atoms with E-state index < -0.39 is 47.0 Å². The van der Waals surface area contributed by atoms with Gasteiger partial charge in [0.1, 0.15) is 11.9 Å². The van der Waals surface area contributed by atoms with E-state index in [2.05, 4.69) is 20.8 Å². The lowest BCUT2D eigenvalue weighted by Crippen LogP contribution is -2.40. The van der Waals surface area contributed by atoms with Crippen LogP contribution in [0, 0.1) is 23.7 Å². The van der Waals surface area contributed by atoms with Crippen molar-refractivity contribution in [2.24, 2.45) is 23.7 Å². The van der Waals surface area contributed by atoms with Crippen molar-refractivity contribution in [1.82, 2.24) is 4.90 Å². The summed E-state index contributed by atoms with van der Waals surface area (Å²) >= 11 is 0. The Hall–Kier alpha value is -2.75. The van der Waals surface area contributed by atoms with Crippen molar-refractivity contribution >= 4 is 5.97 Å². The maximum Gasteiger partial charge on any atom is 0.416 e. The molecule has 5 atom stereocenters. The summed E-state index contributed by atoms with van der Waals surface area (Å²) < 4.78 is 88.4. The number of rotatable bonds is 11. The first-order valence-corrected chi connectivity index (χ1v) is 15.9. The van der Waals surface area contributed by atoms with Crippen LogP contribution in [-0.2, 0) is 30.0 Å². The summed E-state index contributed by atoms with van der Waals surface area (Å²) in [4.78, 5) is 13.0.